The molecular formula is C12H17N4O4+. The summed E-state index contributed by atoms with van der Waals surface area (Å²) >= 11 is 0. The smallest absolute Gasteiger partial charge is 0.292 e. The zero-order valence-corrected chi connectivity index (χ0v) is 11.0. The van der Waals surface area contributed by atoms with Crippen LogP contribution in [0, 0.1) is 5.21 Å². The Morgan fingerprint density at radius 1 is 1.30 bits per heavy atom. The first-order valence-electron chi connectivity index (χ1n) is 6.99. The molecule has 8 heteroatoms. The summed E-state index contributed by atoms with van der Waals surface area (Å²) in [5, 5.41) is 31.1. The summed E-state index contributed by atoms with van der Waals surface area (Å²) < 4.78 is 11.1. The van der Waals surface area contributed by atoms with Gasteiger partial charge in [-0.25, -0.2) is 4.63 Å². The Bertz CT molecular complexity index is 566. The van der Waals surface area contributed by atoms with E-state index in [-0.39, 0.29) is 6.17 Å². The van der Waals surface area contributed by atoms with Crippen LogP contribution in [0.1, 0.15) is 24.2 Å². The van der Waals surface area contributed by atoms with Gasteiger partial charge >= 0.3 is 0 Å². The Morgan fingerprint density at radius 2 is 2.10 bits per heavy atom. The van der Waals surface area contributed by atoms with Gasteiger partial charge in [-0.1, -0.05) is 10.3 Å². The molecule has 0 saturated carbocycles. The second kappa shape index (κ2) is 4.24. The average molecular weight is 281 g/mol. The molecule has 1 aliphatic carbocycles. The molecular weight excluding hydrogens is 264 g/mol. The fraction of sp³-hybridized carbons (Fsp3) is 0.750. The largest absolute Gasteiger partial charge is 0.619 e. The number of aromatic nitrogens is 2. The number of hydrogen-bond donors (Lipinski definition) is 2. The summed E-state index contributed by atoms with van der Waals surface area (Å²) in [5.41, 5.74) is 0.299. The third-order valence-corrected chi connectivity index (χ3v) is 4.67. The number of hydroxylamine groups is 1. The number of fused-ring (bicyclic) bond motifs is 3. The van der Waals surface area contributed by atoms with Gasteiger partial charge in [-0.3, -0.25) is 4.90 Å². The van der Waals surface area contributed by atoms with Crippen molar-refractivity contribution in [3.63, 3.8) is 0 Å². The van der Waals surface area contributed by atoms with Crippen molar-refractivity contribution in [1.82, 2.24) is 10.3 Å². The number of aliphatic hydroxyl groups is 1. The van der Waals surface area contributed by atoms with Crippen LogP contribution in [0.3, 0.4) is 0 Å². The van der Waals surface area contributed by atoms with E-state index in [0.29, 0.717) is 49.6 Å². The number of nitrogens with zero attached hydrogens (tertiary/aromatic N) is 3. The van der Waals surface area contributed by atoms with Crippen LogP contribution in [0.15, 0.2) is 4.63 Å². The van der Waals surface area contributed by atoms with Crippen LogP contribution in [0.25, 0.3) is 0 Å². The molecule has 8 nitrogen and oxygen atoms in total. The third-order valence-electron chi connectivity index (χ3n) is 4.67. The lowest BCUT2D eigenvalue weighted by atomic mass is 9.82. The Balaban J connectivity index is 1.71. The lowest BCUT2D eigenvalue weighted by Crippen LogP contribution is -3.18. The van der Waals surface area contributed by atoms with Crippen molar-refractivity contribution in [2.24, 2.45) is 0 Å². The minimum Gasteiger partial charge on any atom is -0.619 e. The van der Waals surface area contributed by atoms with Crippen molar-refractivity contribution in [3.05, 3.63) is 16.6 Å². The molecule has 0 aromatic carbocycles. The average Bonchev–Trinajstić information content (AvgIpc) is 3.04. The fourth-order valence-electron chi connectivity index (χ4n) is 3.60. The number of hydrogen-bond acceptors (Lipinski definition) is 6. The van der Waals surface area contributed by atoms with Crippen LogP contribution in [-0.2, 0) is 16.8 Å². The monoisotopic (exact) mass is 281 g/mol. The number of quaternary nitrogens is 1. The van der Waals surface area contributed by atoms with Crippen LogP contribution < -0.4 is 4.90 Å². The Kier molecular flexibility index (Phi) is 2.60. The summed E-state index contributed by atoms with van der Waals surface area (Å²) in [4.78, 5) is 1.17. The van der Waals surface area contributed by atoms with Crippen molar-refractivity contribution >= 4 is 5.71 Å². The first-order valence-corrected chi connectivity index (χ1v) is 6.99. The molecule has 3 aliphatic rings. The van der Waals surface area contributed by atoms with Crippen molar-refractivity contribution in [1.29, 1.82) is 0 Å². The minimum absolute atomic E-state index is 0.276. The Hall–Kier alpha value is -1.51. The predicted molar refractivity (Wildman–Crippen MR) is 65.1 cm³/mol. The summed E-state index contributed by atoms with van der Waals surface area (Å²) in [7, 11) is 0. The number of rotatable bonds is 1. The SMILES string of the molecule is [O-][N+]1=C2CCc3nonc3[C@]2(O)C[C@H]1[NH+]1CCOCC1. The molecule has 1 fully saturated rings. The topological polar surface area (TPSA) is 98.9 Å². The van der Waals surface area contributed by atoms with Crippen LogP contribution >= 0.6 is 0 Å². The standard InChI is InChI=1S/C12H16N4O4/c17-12-7-10(15-3-5-19-6-4-15)16(18)9(12)2-1-8-11(12)14-20-13-8/h10,17H,1-7H2/p+1/t10-,12-/m0/s1. The van der Waals surface area contributed by atoms with Crippen molar-refractivity contribution < 1.29 is 24.1 Å². The first-order chi connectivity index (χ1) is 9.70. The van der Waals surface area contributed by atoms with Crippen LogP contribution in [0.5, 0.6) is 0 Å². The summed E-state index contributed by atoms with van der Waals surface area (Å²) in [6.45, 7) is 2.89. The molecule has 3 heterocycles. The van der Waals surface area contributed by atoms with Crippen molar-refractivity contribution in [2.75, 3.05) is 26.3 Å². The second-order valence-corrected chi connectivity index (χ2v) is 5.68. The van der Waals surface area contributed by atoms with E-state index in [1.54, 1.807) is 0 Å². The molecule has 0 unspecified atom stereocenters. The van der Waals surface area contributed by atoms with E-state index < -0.39 is 5.60 Å². The number of nitrogens with one attached hydrogen (secondary N) is 1. The van der Waals surface area contributed by atoms with E-state index in [1.807, 2.05) is 0 Å². The van der Waals surface area contributed by atoms with Gasteiger partial charge in [-0.05, 0) is 0 Å². The zero-order chi connectivity index (χ0) is 13.7. The zero-order valence-electron chi connectivity index (χ0n) is 11.0. The number of morpholine rings is 1. The third kappa shape index (κ3) is 1.55. The highest BCUT2D eigenvalue weighted by molar-refractivity contribution is 5.91. The fourth-order valence-corrected chi connectivity index (χ4v) is 3.60. The highest BCUT2D eigenvalue weighted by atomic mass is 16.6. The quantitative estimate of drug-likeness (QED) is 0.448. The van der Waals surface area contributed by atoms with Gasteiger partial charge in [0.1, 0.15) is 25.2 Å². The lowest BCUT2D eigenvalue weighted by Gasteiger charge is -2.27. The maximum absolute atomic E-state index is 12.6. The maximum atomic E-state index is 12.6. The summed E-state index contributed by atoms with van der Waals surface area (Å²) in [6.07, 6.45) is 1.19. The lowest BCUT2D eigenvalue weighted by molar-refractivity contribution is -1.01. The molecule has 2 aliphatic heterocycles. The van der Waals surface area contributed by atoms with Gasteiger partial charge in [-0.2, -0.15) is 4.74 Å². The number of ether oxygens (including phenoxy) is 1. The van der Waals surface area contributed by atoms with E-state index in [9.17, 15) is 10.3 Å². The molecule has 1 aromatic rings. The van der Waals surface area contributed by atoms with Gasteiger partial charge in [0.2, 0.25) is 11.3 Å². The van der Waals surface area contributed by atoms with Crippen LogP contribution in [0.4, 0.5) is 0 Å². The normalized spacial score (nSPS) is 34.1. The molecule has 20 heavy (non-hydrogen) atoms. The highest BCUT2D eigenvalue weighted by Gasteiger charge is 2.59. The molecule has 4 rings (SSSR count). The van der Waals surface area contributed by atoms with E-state index >= 15 is 0 Å². The summed E-state index contributed by atoms with van der Waals surface area (Å²) in [5.74, 6) is 0. The Labute approximate surface area is 115 Å². The minimum atomic E-state index is -1.30. The molecule has 1 saturated heterocycles. The van der Waals surface area contributed by atoms with E-state index in [4.69, 9.17) is 9.37 Å². The van der Waals surface area contributed by atoms with E-state index in [1.165, 1.54) is 4.90 Å². The number of aryl methyl sites for hydroxylation is 1. The molecule has 0 amide bonds. The van der Waals surface area contributed by atoms with Crippen molar-refractivity contribution in [3.8, 4) is 0 Å². The molecule has 0 bridgehead atoms. The summed E-state index contributed by atoms with van der Waals surface area (Å²) in [6, 6.07) is 0. The van der Waals surface area contributed by atoms with Gasteiger partial charge in [-0.15, -0.1) is 0 Å². The van der Waals surface area contributed by atoms with Gasteiger partial charge in [0.05, 0.1) is 13.2 Å². The Morgan fingerprint density at radius 3 is 2.90 bits per heavy atom. The highest BCUT2D eigenvalue weighted by Crippen LogP contribution is 2.38. The molecule has 1 aromatic heterocycles. The van der Waals surface area contributed by atoms with Crippen LogP contribution in [-0.4, -0.2) is 58.3 Å². The molecule has 0 radical (unpaired) electrons. The second-order valence-electron chi connectivity index (χ2n) is 5.68. The van der Waals surface area contributed by atoms with E-state index in [0.717, 1.165) is 17.8 Å². The van der Waals surface area contributed by atoms with Gasteiger partial charge in [0.25, 0.3) is 6.17 Å². The molecule has 108 valence electrons. The van der Waals surface area contributed by atoms with Gasteiger partial charge in [0, 0.05) is 12.8 Å². The van der Waals surface area contributed by atoms with Crippen molar-refractivity contribution in [2.45, 2.75) is 31.0 Å². The van der Waals surface area contributed by atoms with Gasteiger partial charge in [0.15, 0.2) is 5.69 Å². The molecule has 0 spiro atoms. The molecule has 2 N–H and O–H groups in total. The van der Waals surface area contributed by atoms with Crippen LogP contribution in [0.2, 0.25) is 0 Å². The first kappa shape index (κ1) is 12.2. The van der Waals surface area contributed by atoms with E-state index in [2.05, 4.69) is 10.3 Å². The van der Waals surface area contributed by atoms with Gasteiger partial charge < -0.3 is 15.1 Å². The predicted octanol–water partition coefficient (Wildman–Crippen LogP) is -2.20. The maximum Gasteiger partial charge on any atom is 0.292 e. The molecule has 2 atom stereocenters.